The van der Waals surface area contributed by atoms with Crippen LogP contribution in [0.3, 0.4) is 0 Å². The fraction of sp³-hybridized carbons (Fsp3) is 0.480. The molecule has 0 aromatic heterocycles. The lowest BCUT2D eigenvalue weighted by Gasteiger charge is -2.18. The van der Waals surface area contributed by atoms with Gasteiger partial charge in [-0.3, -0.25) is 19.4 Å². The van der Waals surface area contributed by atoms with E-state index < -0.39 is 51.9 Å². The van der Waals surface area contributed by atoms with Crippen LogP contribution in [0.4, 0.5) is 0 Å². The number of sulfonamides is 1. The molecule has 0 aliphatic carbocycles. The highest BCUT2D eigenvalue weighted by molar-refractivity contribution is 7.88. The number of nitrogens with one attached hydrogen (secondary N) is 2. The monoisotopic (exact) mass is 551 g/mol. The van der Waals surface area contributed by atoms with Gasteiger partial charge in [0.15, 0.2) is 5.78 Å². The zero-order chi connectivity index (χ0) is 28.7. The Hall–Kier alpha value is -3.58. The Morgan fingerprint density at radius 3 is 2.42 bits per heavy atom. The maximum atomic E-state index is 12.8. The minimum Gasteiger partial charge on any atom is -0.481 e. The molecule has 12 nitrogen and oxygen atoms in total. The Morgan fingerprint density at radius 2 is 1.82 bits per heavy atom. The number of carboxylic acid groups (broad SMARTS) is 1. The summed E-state index contributed by atoms with van der Waals surface area (Å²) in [7, 11) is -2.56. The summed E-state index contributed by atoms with van der Waals surface area (Å²) in [5, 5.41) is 11.6. The molecule has 0 aliphatic heterocycles. The molecular formula is C25H37N5O7S. The number of allylic oxidation sites excluding steroid dienone is 1. The number of carbonyl (C=O) groups is 4. The van der Waals surface area contributed by atoms with Crippen LogP contribution in [-0.2, 0) is 35.0 Å². The molecule has 1 aromatic rings. The van der Waals surface area contributed by atoms with Crippen LogP contribution < -0.4 is 21.5 Å². The van der Waals surface area contributed by atoms with Gasteiger partial charge in [0.1, 0.15) is 12.1 Å². The van der Waals surface area contributed by atoms with Crippen LogP contribution in [0.5, 0.6) is 0 Å². The molecule has 13 heteroatoms. The third-order valence-electron chi connectivity index (χ3n) is 5.55. The molecule has 0 heterocycles. The number of hydrogen-bond donors (Lipinski definition) is 5. The zero-order valence-electron chi connectivity index (χ0n) is 21.5. The van der Waals surface area contributed by atoms with Crippen LogP contribution in [0.1, 0.15) is 62.5 Å². The van der Waals surface area contributed by atoms with Gasteiger partial charge in [-0.1, -0.05) is 31.2 Å². The van der Waals surface area contributed by atoms with Gasteiger partial charge in [0.05, 0.1) is 17.8 Å². The van der Waals surface area contributed by atoms with Crippen molar-refractivity contribution in [3.63, 3.8) is 0 Å². The fourth-order valence-electron chi connectivity index (χ4n) is 3.56. The van der Waals surface area contributed by atoms with Crippen molar-refractivity contribution in [2.24, 2.45) is 16.5 Å². The predicted molar refractivity (Wildman–Crippen MR) is 144 cm³/mol. The zero-order valence-corrected chi connectivity index (χ0v) is 22.3. The number of aliphatic carboxylic acids is 1. The fourth-order valence-corrected chi connectivity index (χ4v) is 4.95. The van der Waals surface area contributed by atoms with Crippen molar-refractivity contribution >= 4 is 39.8 Å². The van der Waals surface area contributed by atoms with Gasteiger partial charge in [-0.25, -0.2) is 13.1 Å². The average molecular weight is 552 g/mol. The first-order valence-corrected chi connectivity index (χ1v) is 13.8. The first kappa shape index (κ1) is 32.4. The van der Waals surface area contributed by atoms with E-state index in [9.17, 15) is 27.6 Å². The second kappa shape index (κ2) is 16.3. The number of carboxylic acids is 1. The van der Waals surface area contributed by atoms with Crippen molar-refractivity contribution in [1.82, 2.24) is 10.0 Å². The number of aliphatic imine (C=N–C) groups is 1. The number of rotatable bonds is 19. The maximum absolute atomic E-state index is 12.8. The van der Waals surface area contributed by atoms with E-state index in [0.717, 1.165) is 0 Å². The summed E-state index contributed by atoms with van der Waals surface area (Å²) in [4.78, 5) is 51.3. The lowest BCUT2D eigenvalue weighted by Crippen LogP contribution is -2.42. The highest BCUT2D eigenvalue weighted by atomic mass is 32.2. The molecule has 0 fully saturated rings. The van der Waals surface area contributed by atoms with Crippen molar-refractivity contribution in [2.75, 3.05) is 7.05 Å². The molecule has 0 bridgehead atoms. The van der Waals surface area contributed by atoms with E-state index in [0.29, 0.717) is 48.8 Å². The number of unbranched alkanes of at least 4 members (excludes halogenated alkanes) is 1. The number of carbonyl (C=O) groups excluding carboxylic acids is 3. The largest absolute Gasteiger partial charge is 0.481 e. The molecule has 7 N–H and O–H groups in total. The Balaban J connectivity index is 2.78. The SMILES string of the molecule is C=C(N)CCCC[C@@H](C=O)NC(=O)CCC(=O)[C@H](CCC(=O)O)NS(=O)(=O)Cc1cccc(C(N)=NC)c1. The number of aldehydes is 1. The molecule has 2 atom stereocenters. The van der Waals surface area contributed by atoms with Crippen molar-refractivity contribution in [1.29, 1.82) is 0 Å². The van der Waals surface area contributed by atoms with Gasteiger partial charge in [-0.2, -0.15) is 0 Å². The molecule has 38 heavy (non-hydrogen) atoms. The molecule has 0 saturated carbocycles. The molecule has 0 aliphatic rings. The van der Waals surface area contributed by atoms with Crippen molar-refractivity contribution in [3.05, 3.63) is 47.7 Å². The highest BCUT2D eigenvalue weighted by Gasteiger charge is 2.26. The molecule has 1 rings (SSSR count). The summed E-state index contributed by atoms with van der Waals surface area (Å²) in [5.41, 5.74) is 12.7. The Bertz CT molecular complexity index is 1130. The van der Waals surface area contributed by atoms with Crippen LogP contribution in [-0.4, -0.2) is 62.4 Å². The minimum atomic E-state index is -4.06. The third-order valence-corrected chi connectivity index (χ3v) is 6.91. The number of amides is 1. The predicted octanol–water partition coefficient (Wildman–Crippen LogP) is 0.740. The van der Waals surface area contributed by atoms with Crippen LogP contribution >= 0.6 is 0 Å². The first-order chi connectivity index (χ1) is 17.9. The van der Waals surface area contributed by atoms with E-state index in [1.165, 1.54) is 7.05 Å². The van der Waals surface area contributed by atoms with Crippen LogP contribution in [0, 0.1) is 0 Å². The topological polar surface area (TPSA) is 211 Å². The van der Waals surface area contributed by atoms with E-state index in [1.807, 2.05) is 0 Å². The summed E-state index contributed by atoms with van der Waals surface area (Å²) in [6, 6.07) is 4.34. The molecule has 0 unspecified atom stereocenters. The van der Waals surface area contributed by atoms with E-state index in [4.69, 9.17) is 16.6 Å². The third kappa shape index (κ3) is 13.1. The highest BCUT2D eigenvalue weighted by Crippen LogP contribution is 2.12. The first-order valence-electron chi connectivity index (χ1n) is 12.1. The van der Waals surface area contributed by atoms with E-state index in [-0.39, 0.29) is 25.1 Å². The molecule has 210 valence electrons. The molecule has 1 amide bonds. The Labute approximate surface area is 223 Å². The van der Waals surface area contributed by atoms with Gasteiger partial charge >= 0.3 is 5.97 Å². The molecule has 0 radical (unpaired) electrons. The number of benzene rings is 1. The molecular weight excluding hydrogens is 514 g/mol. The average Bonchev–Trinajstić information content (AvgIpc) is 2.85. The van der Waals surface area contributed by atoms with Gasteiger partial charge in [0.25, 0.3) is 0 Å². The second-order valence-electron chi connectivity index (χ2n) is 8.85. The number of nitrogens with zero attached hydrogens (tertiary/aromatic N) is 1. The van der Waals surface area contributed by atoms with Crippen molar-refractivity contribution in [3.8, 4) is 0 Å². The van der Waals surface area contributed by atoms with E-state index >= 15 is 0 Å². The van der Waals surface area contributed by atoms with Gasteiger partial charge in [-0.05, 0) is 37.3 Å². The number of nitrogens with two attached hydrogens (primary N) is 2. The summed E-state index contributed by atoms with van der Waals surface area (Å²) in [6.45, 7) is 3.60. The van der Waals surface area contributed by atoms with Crippen molar-refractivity contribution < 1.29 is 32.7 Å². The normalized spacial score (nSPS) is 13.3. The summed E-state index contributed by atoms with van der Waals surface area (Å²) >= 11 is 0. The van der Waals surface area contributed by atoms with Crippen LogP contribution in [0.2, 0.25) is 0 Å². The summed E-state index contributed by atoms with van der Waals surface area (Å²) < 4.78 is 27.9. The van der Waals surface area contributed by atoms with E-state index in [2.05, 4.69) is 21.6 Å². The summed E-state index contributed by atoms with van der Waals surface area (Å²) in [5.74, 6) is -2.64. The molecule has 0 saturated heterocycles. The van der Waals surface area contributed by atoms with Crippen LogP contribution in [0.25, 0.3) is 0 Å². The van der Waals surface area contributed by atoms with Crippen LogP contribution in [0.15, 0.2) is 41.5 Å². The number of Topliss-reactive ketones (excluding diaryl/α,β-unsaturated/α-hetero) is 1. The Morgan fingerprint density at radius 1 is 1.11 bits per heavy atom. The standard InChI is InChI=1S/C25H37N5O7S/c1-17(26)6-3-4-9-20(15-31)29-23(33)12-11-22(32)21(10-13-24(34)35)30-38(36,37)16-18-7-5-8-19(14-18)25(27)28-2/h5,7-8,14-15,20-21,30H,1,3-4,6,9-13,16,26H2,2H3,(H2,27,28)(H,29,33)(H,34,35)/t20-,21-/m0/s1. The Kier molecular flexibility index (Phi) is 13.9. The number of ketones is 1. The lowest BCUT2D eigenvalue weighted by molar-refractivity contribution is -0.137. The second-order valence-corrected chi connectivity index (χ2v) is 10.6. The van der Waals surface area contributed by atoms with Gasteiger partial charge < -0.3 is 26.7 Å². The number of hydrogen-bond acceptors (Lipinski definition) is 8. The summed E-state index contributed by atoms with van der Waals surface area (Å²) in [6.07, 6.45) is 1.60. The van der Waals surface area contributed by atoms with Gasteiger partial charge in [0.2, 0.25) is 15.9 Å². The molecule has 1 aromatic carbocycles. The van der Waals surface area contributed by atoms with Gasteiger partial charge in [-0.15, -0.1) is 0 Å². The van der Waals surface area contributed by atoms with Crippen molar-refractivity contribution in [2.45, 2.75) is 69.2 Å². The number of amidine groups is 1. The minimum absolute atomic E-state index is 0.225. The quantitative estimate of drug-likeness (QED) is 0.0709. The lowest BCUT2D eigenvalue weighted by atomic mass is 10.0. The maximum Gasteiger partial charge on any atom is 0.303 e. The smallest absolute Gasteiger partial charge is 0.303 e. The van der Waals surface area contributed by atoms with Gasteiger partial charge in [0, 0.05) is 37.6 Å². The molecule has 0 spiro atoms. The van der Waals surface area contributed by atoms with E-state index in [1.54, 1.807) is 24.3 Å².